The Morgan fingerprint density at radius 3 is 2.63 bits per heavy atom. The summed E-state index contributed by atoms with van der Waals surface area (Å²) in [4.78, 5) is 52.2. The molecule has 5 unspecified atom stereocenters. The summed E-state index contributed by atoms with van der Waals surface area (Å²) in [5.74, 6) is -0.856. The second-order valence-corrected chi connectivity index (χ2v) is 12.1. The van der Waals surface area contributed by atoms with E-state index in [2.05, 4.69) is 30.6 Å². The van der Waals surface area contributed by atoms with E-state index in [0.717, 1.165) is 19.3 Å². The van der Waals surface area contributed by atoms with Crippen molar-refractivity contribution in [2.24, 2.45) is 11.7 Å². The molecule has 4 rings (SSSR count). The van der Waals surface area contributed by atoms with Crippen LogP contribution in [0.15, 0.2) is 11.6 Å². The molecule has 0 aromatic rings. The van der Waals surface area contributed by atoms with Crippen LogP contribution in [0.25, 0.3) is 0 Å². The van der Waals surface area contributed by atoms with E-state index in [0.29, 0.717) is 39.1 Å². The normalized spacial score (nSPS) is 31.0. The van der Waals surface area contributed by atoms with Gasteiger partial charge in [0.05, 0.1) is 43.5 Å². The fourth-order valence-electron chi connectivity index (χ4n) is 6.19. The van der Waals surface area contributed by atoms with Crippen molar-refractivity contribution in [2.45, 2.75) is 82.0 Å². The van der Waals surface area contributed by atoms with Crippen LogP contribution < -0.4 is 16.4 Å². The molecule has 0 radical (unpaired) electrons. The number of hydrogen-bond acceptors (Lipinski definition) is 11. The predicted molar refractivity (Wildman–Crippen MR) is 154 cm³/mol. The fourth-order valence-corrected chi connectivity index (χ4v) is 6.19. The monoisotopic (exact) mass is 609 g/mol. The van der Waals surface area contributed by atoms with Crippen molar-refractivity contribution in [3.8, 4) is 0 Å². The number of ether oxygens (including phenoxy) is 5. The fraction of sp³-hybridized carbons (Fsp3) is 0.793. The Morgan fingerprint density at radius 1 is 1.19 bits per heavy atom. The average molecular weight is 610 g/mol. The number of rotatable bonds is 13. The lowest BCUT2D eigenvalue weighted by atomic mass is 9.73. The van der Waals surface area contributed by atoms with E-state index in [-0.39, 0.29) is 61.5 Å². The van der Waals surface area contributed by atoms with Gasteiger partial charge in [-0.15, -0.1) is 0 Å². The number of carbonyl (C=O) groups is 4. The molecule has 0 aromatic heterocycles. The Morgan fingerprint density at radius 2 is 1.95 bits per heavy atom. The molecule has 4 fully saturated rings. The zero-order valence-corrected chi connectivity index (χ0v) is 25.7. The van der Waals surface area contributed by atoms with Crippen LogP contribution in [0.5, 0.6) is 0 Å². The zero-order chi connectivity index (χ0) is 31.1. The molecular formula is C29H47N5O9. The topological polar surface area (TPSA) is 178 Å². The smallest absolute Gasteiger partial charge is 0.413 e. The van der Waals surface area contributed by atoms with E-state index in [4.69, 9.17) is 29.4 Å². The molecule has 1 spiro atoms. The van der Waals surface area contributed by atoms with Crippen molar-refractivity contribution in [1.29, 1.82) is 0 Å². The Balaban J connectivity index is 1.23. The minimum atomic E-state index is -0.883. The molecule has 43 heavy (non-hydrogen) atoms. The molecule has 4 N–H and O–H groups in total. The summed E-state index contributed by atoms with van der Waals surface area (Å²) in [7, 11) is 3.32. The highest BCUT2D eigenvalue weighted by Crippen LogP contribution is 2.54. The standard InChI is InChI=1S/C29H47N5O9/c1-18(2)7-8-20-26(42-20)24-25(39-4)21(9-10-29(24)17-41-29)43-28(38)34-12-5-6-19(34)16-40-27(37)32-23(36)15-33(3)13-11-31-22(35)14-30/h7,19-21,24-26H,5-6,8-17,30H2,1-4H3,(H,31,35)(H,32,36,37)/t19-,20+,21?,24?,25?,26?,29?/m0/s1. The maximum atomic E-state index is 13.3. The van der Waals surface area contributed by atoms with Crippen molar-refractivity contribution in [1.82, 2.24) is 20.4 Å². The van der Waals surface area contributed by atoms with Gasteiger partial charge in [-0.3, -0.25) is 19.8 Å². The quantitative estimate of drug-likeness (QED) is 0.196. The van der Waals surface area contributed by atoms with Crippen LogP contribution in [-0.4, -0.2) is 130 Å². The van der Waals surface area contributed by atoms with Gasteiger partial charge in [-0.25, -0.2) is 9.59 Å². The minimum Gasteiger partial charge on any atom is -0.447 e. The molecule has 4 aliphatic rings. The third-order valence-electron chi connectivity index (χ3n) is 8.63. The largest absolute Gasteiger partial charge is 0.447 e. The average Bonchev–Trinajstić information content (AvgIpc) is 3.87. The number of amides is 4. The lowest BCUT2D eigenvalue weighted by Crippen LogP contribution is -2.53. The van der Waals surface area contributed by atoms with Gasteiger partial charge in [-0.1, -0.05) is 11.6 Å². The van der Waals surface area contributed by atoms with Crippen molar-refractivity contribution in [2.75, 3.05) is 60.1 Å². The molecule has 0 bridgehead atoms. The first-order chi connectivity index (χ1) is 20.6. The predicted octanol–water partition coefficient (Wildman–Crippen LogP) is 0.533. The van der Waals surface area contributed by atoms with Crippen molar-refractivity contribution >= 4 is 24.0 Å². The van der Waals surface area contributed by atoms with Gasteiger partial charge in [0, 0.05) is 32.7 Å². The van der Waals surface area contributed by atoms with Gasteiger partial charge in [0.25, 0.3) is 0 Å². The number of hydrogen-bond donors (Lipinski definition) is 3. The first-order valence-electron chi connectivity index (χ1n) is 15.1. The Labute approximate surface area is 252 Å². The van der Waals surface area contributed by atoms with E-state index in [1.54, 1.807) is 24.0 Å². The molecule has 4 amide bonds. The third-order valence-corrected chi connectivity index (χ3v) is 8.63. The maximum absolute atomic E-state index is 13.3. The highest BCUT2D eigenvalue weighted by molar-refractivity contribution is 5.92. The SMILES string of the molecule is COC1C(OC(=O)N2CCC[C@H]2COC(=O)NC(=O)CN(C)CCNC(=O)CN)CCC2(CO2)C1C1O[C@@H]1CC=C(C)C. The minimum absolute atomic E-state index is 0.00414. The van der Waals surface area contributed by atoms with Crippen LogP contribution >= 0.6 is 0 Å². The van der Waals surface area contributed by atoms with Gasteiger partial charge < -0.3 is 39.6 Å². The number of nitrogens with zero attached hydrogens (tertiary/aromatic N) is 2. The number of carbonyl (C=O) groups excluding carboxylic acids is 4. The van der Waals surface area contributed by atoms with Crippen LogP contribution in [0.2, 0.25) is 0 Å². The zero-order valence-electron chi connectivity index (χ0n) is 25.7. The van der Waals surface area contributed by atoms with Gasteiger partial charge in [-0.05, 0) is 53.0 Å². The van der Waals surface area contributed by atoms with Gasteiger partial charge >= 0.3 is 12.2 Å². The van der Waals surface area contributed by atoms with E-state index >= 15 is 0 Å². The number of alkyl carbamates (subject to hydrolysis) is 1. The number of nitrogens with one attached hydrogen (secondary N) is 2. The number of likely N-dealkylation sites (N-methyl/N-ethyl adjacent to an activating group) is 1. The molecule has 3 aliphatic heterocycles. The summed E-state index contributed by atoms with van der Waals surface area (Å²) >= 11 is 0. The molecule has 14 heteroatoms. The van der Waals surface area contributed by atoms with Crippen molar-refractivity contribution in [3.63, 3.8) is 0 Å². The van der Waals surface area contributed by atoms with Crippen LogP contribution in [0.4, 0.5) is 9.59 Å². The Kier molecular flexibility index (Phi) is 11.4. The molecule has 242 valence electrons. The van der Waals surface area contributed by atoms with E-state index in [1.165, 1.54) is 5.57 Å². The van der Waals surface area contributed by atoms with Crippen LogP contribution in [0.1, 0.15) is 46.0 Å². The third kappa shape index (κ3) is 8.88. The van der Waals surface area contributed by atoms with E-state index in [9.17, 15) is 19.2 Å². The highest BCUT2D eigenvalue weighted by atomic mass is 16.6. The number of methoxy groups -OCH3 is 1. The van der Waals surface area contributed by atoms with E-state index in [1.807, 2.05) is 0 Å². The number of allylic oxidation sites excluding steroid dienone is 1. The summed E-state index contributed by atoms with van der Waals surface area (Å²) in [6.45, 7) is 5.77. The molecule has 1 aliphatic carbocycles. The number of likely N-dealkylation sites (tertiary alicyclic amines) is 1. The molecule has 7 atom stereocenters. The van der Waals surface area contributed by atoms with Crippen LogP contribution in [0, 0.1) is 5.92 Å². The van der Waals surface area contributed by atoms with Gasteiger partial charge in [0.15, 0.2) is 0 Å². The summed E-state index contributed by atoms with van der Waals surface area (Å²) in [5, 5.41) is 4.80. The first kappa shape index (κ1) is 33.1. The molecular weight excluding hydrogens is 562 g/mol. The second kappa shape index (κ2) is 14.8. The molecule has 3 saturated heterocycles. The van der Waals surface area contributed by atoms with Crippen molar-refractivity contribution < 1.29 is 42.9 Å². The molecule has 3 heterocycles. The number of imide groups is 1. The lowest BCUT2D eigenvalue weighted by molar-refractivity contribution is -0.121. The lowest BCUT2D eigenvalue weighted by Gasteiger charge is -2.40. The van der Waals surface area contributed by atoms with Crippen molar-refractivity contribution in [3.05, 3.63) is 11.6 Å². The maximum Gasteiger partial charge on any atom is 0.413 e. The Bertz CT molecular complexity index is 1050. The highest BCUT2D eigenvalue weighted by Gasteiger charge is 2.66. The second-order valence-electron chi connectivity index (χ2n) is 12.1. The molecule has 14 nitrogen and oxygen atoms in total. The van der Waals surface area contributed by atoms with E-state index < -0.39 is 24.2 Å². The van der Waals surface area contributed by atoms with Crippen LogP contribution in [0.3, 0.4) is 0 Å². The number of epoxide rings is 2. The van der Waals surface area contributed by atoms with Gasteiger partial charge in [-0.2, -0.15) is 0 Å². The number of nitrogens with two attached hydrogens (primary N) is 1. The summed E-state index contributed by atoms with van der Waals surface area (Å²) in [6, 6.07) is -0.360. The van der Waals surface area contributed by atoms with Gasteiger partial charge in [0.1, 0.15) is 18.8 Å². The summed E-state index contributed by atoms with van der Waals surface area (Å²) < 4.78 is 29.2. The van der Waals surface area contributed by atoms with Crippen LogP contribution in [-0.2, 0) is 33.3 Å². The first-order valence-corrected chi connectivity index (χ1v) is 15.1. The Hall–Kier alpha value is -2.78. The molecule has 1 saturated carbocycles. The molecule has 0 aromatic carbocycles. The van der Waals surface area contributed by atoms with Gasteiger partial charge in [0.2, 0.25) is 11.8 Å². The summed E-state index contributed by atoms with van der Waals surface area (Å²) in [6.07, 6.45) is 3.73. The summed E-state index contributed by atoms with van der Waals surface area (Å²) in [5.41, 5.74) is 6.20.